The Balaban J connectivity index is 1.88. The molecule has 2 aliphatic heterocycles. The number of rotatable bonds is 1. The molecule has 1 aromatic carbocycles. The second-order valence-corrected chi connectivity index (χ2v) is 5.82. The van der Waals surface area contributed by atoms with Gasteiger partial charge in [-0.15, -0.1) is 0 Å². The van der Waals surface area contributed by atoms with E-state index in [4.69, 9.17) is 11.6 Å². The van der Waals surface area contributed by atoms with Crippen molar-refractivity contribution in [2.45, 2.75) is 12.1 Å². The lowest BCUT2D eigenvalue weighted by molar-refractivity contribution is 0.0194. The molecule has 0 aliphatic carbocycles. The fourth-order valence-corrected chi connectivity index (χ4v) is 3.40. The van der Waals surface area contributed by atoms with Crippen LogP contribution >= 0.6 is 11.6 Å². The maximum absolute atomic E-state index is 6.13. The Hall–Kier alpha value is -0.610. The second-order valence-electron chi connectivity index (χ2n) is 5.39. The van der Waals surface area contributed by atoms with Gasteiger partial charge in [0, 0.05) is 49.8 Å². The van der Waals surface area contributed by atoms with Crippen LogP contribution < -0.4 is 5.32 Å². The van der Waals surface area contributed by atoms with Crippen LogP contribution in [0.2, 0.25) is 5.02 Å². The van der Waals surface area contributed by atoms with Gasteiger partial charge in [-0.25, -0.2) is 0 Å². The van der Waals surface area contributed by atoms with Gasteiger partial charge in [-0.2, -0.15) is 0 Å². The Morgan fingerprint density at radius 3 is 3.06 bits per heavy atom. The maximum atomic E-state index is 6.13. The zero-order chi connectivity index (χ0) is 12.5. The first-order valence-corrected chi connectivity index (χ1v) is 7.02. The smallest absolute Gasteiger partial charge is 0.0480 e. The molecule has 4 heteroatoms. The van der Waals surface area contributed by atoms with E-state index >= 15 is 0 Å². The second kappa shape index (κ2) is 5.17. The van der Waals surface area contributed by atoms with Crippen molar-refractivity contribution in [2.24, 2.45) is 0 Å². The van der Waals surface area contributed by atoms with E-state index in [1.54, 1.807) is 0 Å². The molecule has 1 aromatic rings. The summed E-state index contributed by atoms with van der Waals surface area (Å²) in [6.45, 7) is 5.58. The average molecular weight is 266 g/mol. The minimum Gasteiger partial charge on any atom is -0.314 e. The van der Waals surface area contributed by atoms with E-state index in [0.29, 0.717) is 12.1 Å². The van der Waals surface area contributed by atoms with Crippen LogP contribution in [0.15, 0.2) is 24.3 Å². The number of likely N-dealkylation sites (N-methyl/N-ethyl adjacent to an activating group) is 1. The number of piperazine rings is 2. The zero-order valence-electron chi connectivity index (χ0n) is 10.8. The molecule has 3 rings (SSSR count). The van der Waals surface area contributed by atoms with Crippen molar-refractivity contribution in [1.29, 1.82) is 0 Å². The van der Waals surface area contributed by atoms with E-state index in [0.717, 1.165) is 37.7 Å². The number of benzene rings is 1. The van der Waals surface area contributed by atoms with Crippen LogP contribution in [0.4, 0.5) is 0 Å². The van der Waals surface area contributed by atoms with Gasteiger partial charge >= 0.3 is 0 Å². The molecule has 0 bridgehead atoms. The van der Waals surface area contributed by atoms with Crippen molar-refractivity contribution < 1.29 is 0 Å². The summed E-state index contributed by atoms with van der Waals surface area (Å²) in [4.78, 5) is 5.07. The summed E-state index contributed by atoms with van der Waals surface area (Å²) in [5.41, 5.74) is 1.35. The molecule has 18 heavy (non-hydrogen) atoms. The molecule has 2 aliphatic rings. The van der Waals surface area contributed by atoms with E-state index in [9.17, 15) is 0 Å². The zero-order valence-corrected chi connectivity index (χ0v) is 11.5. The third-order valence-electron chi connectivity index (χ3n) is 4.04. The minimum atomic E-state index is 0.481. The molecule has 1 N–H and O–H groups in total. The molecular formula is C14H20ClN3. The van der Waals surface area contributed by atoms with Gasteiger partial charge < -0.3 is 10.2 Å². The molecule has 0 saturated carbocycles. The topological polar surface area (TPSA) is 18.5 Å². The molecule has 2 atom stereocenters. The van der Waals surface area contributed by atoms with Crippen molar-refractivity contribution in [3.63, 3.8) is 0 Å². The van der Waals surface area contributed by atoms with Crippen molar-refractivity contribution >= 4 is 11.6 Å². The van der Waals surface area contributed by atoms with E-state index in [1.807, 2.05) is 6.07 Å². The molecule has 2 heterocycles. The predicted molar refractivity (Wildman–Crippen MR) is 75.1 cm³/mol. The lowest BCUT2D eigenvalue weighted by atomic mass is 9.97. The van der Waals surface area contributed by atoms with Crippen molar-refractivity contribution in [2.75, 3.05) is 39.8 Å². The molecule has 2 unspecified atom stereocenters. The van der Waals surface area contributed by atoms with Gasteiger partial charge in [-0.3, -0.25) is 4.90 Å². The maximum Gasteiger partial charge on any atom is 0.0480 e. The monoisotopic (exact) mass is 265 g/mol. The first kappa shape index (κ1) is 12.4. The van der Waals surface area contributed by atoms with Gasteiger partial charge in [-0.05, 0) is 24.7 Å². The summed E-state index contributed by atoms with van der Waals surface area (Å²) in [7, 11) is 2.21. The van der Waals surface area contributed by atoms with Crippen LogP contribution in [0.1, 0.15) is 11.6 Å². The molecule has 3 nitrogen and oxygen atoms in total. The molecule has 0 amide bonds. The highest BCUT2D eigenvalue weighted by atomic mass is 35.5. The van der Waals surface area contributed by atoms with E-state index in [2.05, 4.69) is 40.4 Å². The summed E-state index contributed by atoms with van der Waals surface area (Å²) >= 11 is 6.13. The van der Waals surface area contributed by atoms with Crippen LogP contribution in [-0.4, -0.2) is 55.6 Å². The molecule has 0 spiro atoms. The standard InChI is InChI=1S/C14H20ClN3/c1-17-9-13-8-16-5-6-18(13)14(10-17)11-3-2-4-12(15)7-11/h2-4,7,13-14,16H,5-6,8-10H2,1H3. The summed E-state index contributed by atoms with van der Waals surface area (Å²) in [6, 6.07) is 9.44. The normalized spacial score (nSPS) is 30.1. The van der Waals surface area contributed by atoms with Crippen molar-refractivity contribution in [3.05, 3.63) is 34.9 Å². The highest BCUT2D eigenvalue weighted by Crippen LogP contribution is 2.30. The number of hydrogen-bond acceptors (Lipinski definition) is 3. The Morgan fingerprint density at radius 1 is 1.33 bits per heavy atom. The highest BCUT2D eigenvalue weighted by molar-refractivity contribution is 6.30. The summed E-state index contributed by atoms with van der Waals surface area (Å²) in [5, 5.41) is 4.33. The van der Waals surface area contributed by atoms with Crippen LogP contribution in [0.25, 0.3) is 0 Å². The SMILES string of the molecule is CN1CC2CNCCN2C(c2cccc(Cl)c2)C1. The van der Waals surface area contributed by atoms with Gasteiger partial charge in [0.25, 0.3) is 0 Å². The Kier molecular flexibility index (Phi) is 3.57. The van der Waals surface area contributed by atoms with Gasteiger partial charge in [0.05, 0.1) is 0 Å². The molecule has 98 valence electrons. The van der Waals surface area contributed by atoms with Gasteiger partial charge in [0.15, 0.2) is 0 Å². The summed E-state index contributed by atoms with van der Waals surface area (Å²) < 4.78 is 0. The number of nitrogens with one attached hydrogen (secondary N) is 1. The van der Waals surface area contributed by atoms with E-state index < -0.39 is 0 Å². The van der Waals surface area contributed by atoms with Gasteiger partial charge in [-0.1, -0.05) is 23.7 Å². The van der Waals surface area contributed by atoms with Gasteiger partial charge in [0.1, 0.15) is 0 Å². The summed E-state index contributed by atoms with van der Waals surface area (Å²) in [5.74, 6) is 0. The fourth-order valence-electron chi connectivity index (χ4n) is 3.20. The Labute approximate surface area is 114 Å². The van der Waals surface area contributed by atoms with E-state index in [-0.39, 0.29) is 0 Å². The lowest BCUT2D eigenvalue weighted by Crippen LogP contribution is -2.61. The molecule has 2 saturated heterocycles. The number of nitrogens with zero attached hydrogens (tertiary/aromatic N) is 2. The first-order valence-electron chi connectivity index (χ1n) is 6.64. The minimum absolute atomic E-state index is 0.481. The van der Waals surface area contributed by atoms with Crippen molar-refractivity contribution in [3.8, 4) is 0 Å². The quantitative estimate of drug-likeness (QED) is 0.832. The third kappa shape index (κ3) is 2.41. The van der Waals surface area contributed by atoms with Crippen LogP contribution in [0.5, 0.6) is 0 Å². The number of fused-ring (bicyclic) bond motifs is 1. The first-order chi connectivity index (χ1) is 8.74. The molecule has 2 fully saturated rings. The third-order valence-corrected chi connectivity index (χ3v) is 4.27. The van der Waals surface area contributed by atoms with Crippen LogP contribution in [0, 0.1) is 0 Å². The molecule has 0 aromatic heterocycles. The highest BCUT2D eigenvalue weighted by Gasteiger charge is 2.35. The largest absolute Gasteiger partial charge is 0.314 e. The van der Waals surface area contributed by atoms with Crippen molar-refractivity contribution in [1.82, 2.24) is 15.1 Å². The lowest BCUT2D eigenvalue weighted by Gasteiger charge is -2.48. The van der Waals surface area contributed by atoms with Crippen LogP contribution in [0.3, 0.4) is 0 Å². The Morgan fingerprint density at radius 2 is 2.22 bits per heavy atom. The average Bonchev–Trinajstić information content (AvgIpc) is 2.37. The van der Waals surface area contributed by atoms with Gasteiger partial charge in [0.2, 0.25) is 0 Å². The Bertz CT molecular complexity index is 423. The predicted octanol–water partition coefficient (Wildman–Crippen LogP) is 1.60. The summed E-state index contributed by atoms with van der Waals surface area (Å²) in [6.07, 6.45) is 0. The number of halogens is 1. The molecule has 0 radical (unpaired) electrons. The molecular weight excluding hydrogens is 246 g/mol. The van der Waals surface area contributed by atoms with E-state index in [1.165, 1.54) is 5.56 Å². The number of hydrogen-bond donors (Lipinski definition) is 1. The van der Waals surface area contributed by atoms with Crippen LogP contribution in [-0.2, 0) is 0 Å². The fraction of sp³-hybridized carbons (Fsp3) is 0.571.